The van der Waals surface area contributed by atoms with Gasteiger partial charge in [0.25, 0.3) is 5.91 Å². The Morgan fingerprint density at radius 1 is 1.31 bits per heavy atom. The molecule has 1 saturated heterocycles. The number of hydrogen-bond donors (Lipinski definition) is 2. The van der Waals surface area contributed by atoms with Crippen LogP contribution in [0.5, 0.6) is 0 Å². The Morgan fingerprint density at radius 2 is 2.10 bits per heavy atom. The monoisotopic (exact) mass is 396 g/mol. The normalized spacial score (nSPS) is 17.0. The van der Waals surface area contributed by atoms with E-state index in [-0.39, 0.29) is 18.1 Å². The second-order valence-corrected chi connectivity index (χ2v) is 7.42. The highest BCUT2D eigenvalue weighted by Crippen LogP contribution is 2.30. The second-order valence-electron chi connectivity index (χ2n) is 7.42. The van der Waals surface area contributed by atoms with Crippen molar-refractivity contribution in [2.24, 2.45) is 11.7 Å². The summed E-state index contributed by atoms with van der Waals surface area (Å²) in [7, 11) is 0. The largest absolute Gasteiger partial charge is 0.381 e. The minimum absolute atomic E-state index is 0.0186. The molecule has 9 heteroatoms. The predicted octanol–water partition coefficient (Wildman–Crippen LogP) is 1.52. The molecule has 2 aliphatic heterocycles. The Balaban J connectivity index is 1.61. The van der Waals surface area contributed by atoms with Crippen molar-refractivity contribution in [2.45, 2.75) is 26.2 Å². The fourth-order valence-corrected chi connectivity index (χ4v) is 3.73. The van der Waals surface area contributed by atoms with Crippen molar-refractivity contribution in [1.29, 1.82) is 0 Å². The molecule has 0 radical (unpaired) electrons. The van der Waals surface area contributed by atoms with Crippen molar-refractivity contribution in [3.05, 3.63) is 29.7 Å². The average molecular weight is 396 g/mol. The summed E-state index contributed by atoms with van der Waals surface area (Å²) in [5, 5.41) is 3.04. The van der Waals surface area contributed by atoms with Crippen molar-refractivity contribution < 1.29 is 14.3 Å². The van der Waals surface area contributed by atoms with Crippen LogP contribution in [0.2, 0.25) is 0 Å². The van der Waals surface area contributed by atoms with E-state index in [0.717, 1.165) is 43.6 Å². The van der Waals surface area contributed by atoms with Gasteiger partial charge in [-0.2, -0.15) is 0 Å². The Kier molecular flexibility index (Phi) is 5.39. The minimum atomic E-state index is -0.578. The molecule has 2 aromatic rings. The third kappa shape index (κ3) is 4.04. The van der Waals surface area contributed by atoms with Crippen LogP contribution in [0.15, 0.2) is 18.5 Å². The van der Waals surface area contributed by atoms with Crippen LogP contribution in [0.25, 0.3) is 11.3 Å². The van der Waals surface area contributed by atoms with E-state index in [1.165, 1.54) is 0 Å². The SMILES string of the molecule is Cc1cc(C(N)=O)ncc1-c1cnc2c(n1)N(CCC1CCOCC1)C(=O)CN2. The summed E-state index contributed by atoms with van der Waals surface area (Å²) in [4.78, 5) is 38.9. The number of hydrogen-bond acceptors (Lipinski definition) is 7. The van der Waals surface area contributed by atoms with Crippen LogP contribution >= 0.6 is 0 Å². The van der Waals surface area contributed by atoms with Crippen LogP contribution in [0.1, 0.15) is 35.3 Å². The standard InChI is InChI=1S/C20H24N6O3/c1-12-8-15(18(21)28)22-9-14(12)16-10-23-19-20(25-16)26(17(27)11-24-19)5-2-13-3-6-29-7-4-13/h8-10,13H,2-7,11H2,1H3,(H2,21,28)(H,23,24). The first-order valence-corrected chi connectivity index (χ1v) is 9.79. The molecule has 152 valence electrons. The Morgan fingerprint density at radius 3 is 2.83 bits per heavy atom. The fraction of sp³-hybridized carbons (Fsp3) is 0.450. The van der Waals surface area contributed by atoms with E-state index in [9.17, 15) is 9.59 Å². The summed E-state index contributed by atoms with van der Waals surface area (Å²) in [6, 6.07) is 1.63. The van der Waals surface area contributed by atoms with E-state index in [0.29, 0.717) is 29.8 Å². The van der Waals surface area contributed by atoms with E-state index in [1.54, 1.807) is 23.4 Å². The van der Waals surface area contributed by atoms with Crippen LogP contribution in [0.3, 0.4) is 0 Å². The molecule has 0 aliphatic carbocycles. The van der Waals surface area contributed by atoms with Gasteiger partial charge in [-0.05, 0) is 43.7 Å². The zero-order valence-corrected chi connectivity index (χ0v) is 16.4. The first-order valence-electron chi connectivity index (χ1n) is 9.79. The van der Waals surface area contributed by atoms with Gasteiger partial charge >= 0.3 is 0 Å². The van der Waals surface area contributed by atoms with Gasteiger partial charge in [0.2, 0.25) is 5.91 Å². The second kappa shape index (κ2) is 8.12. The molecular weight excluding hydrogens is 372 g/mol. The highest BCUT2D eigenvalue weighted by molar-refractivity contribution is 6.01. The zero-order chi connectivity index (χ0) is 20.4. The molecular formula is C20H24N6O3. The van der Waals surface area contributed by atoms with Crippen molar-refractivity contribution in [3.63, 3.8) is 0 Å². The molecule has 0 unspecified atom stereocenters. The van der Waals surface area contributed by atoms with Crippen LogP contribution in [-0.4, -0.2) is 53.1 Å². The quantitative estimate of drug-likeness (QED) is 0.785. The van der Waals surface area contributed by atoms with Crippen molar-refractivity contribution >= 4 is 23.5 Å². The molecule has 3 N–H and O–H groups in total. The van der Waals surface area contributed by atoms with Crippen molar-refractivity contribution in [2.75, 3.05) is 36.5 Å². The highest BCUT2D eigenvalue weighted by atomic mass is 16.5. The number of primary amides is 1. The average Bonchev–Trinajstić information content (AvgIpc) is 2.73. The van der Waals surface area contributed by atoms with Gasteiger partial charge in [-0.3, -0.25) is 19.5 Å². The number of nitrogens with one attached hydrogen (secondary N) is 1. The van der Waals surface area contributed by atoms with Crippen molar-refractivity contribution in [3.8, 4) is 11.3 Å². The fourth-order valence-electron chi connectivity index (χ4n) is 3.73. The van der Waals surface area contributed by atoms with Gasteiger partial charge in [-0.25, -0.2) is 9.97 Å². The van der Waals surface area contributed by atoms with E-state index >= 15 is 0 Å². The molecule has 0 bridgehead atoms. The van der Waals surface area contributed by atoms with E-state index in [4.69, 9.17) is 15.5 Å². The summed E-state index contributed by atoms with van der Waals surface area (Å²) in [5.41, 5.74) is 7.65. The van der Waals surface area contributed by atoms with Gasteiger partial charge in [0.1, 0.15) is 5.69 Å². The molecule has 1 fully saturated rings. The maximum Gasteiger partial charge on any atom is 0.267 e. The van der Waals surface area contributed by atoms with Crippen LogP contribution < -0.4 is 16.0 Å². The lowest BCUT2D eigenvalue weighted by Gasteiger charge is -2.30. The number of rotatable bonds is 5. The Hall–Kier alpha value is -3.07. The lowest BCUT2D eigenvalue weighted by Crippen LogP contribution is -2.42. The summed E-state index contributed by atoms with van der Waals surface area (Å²) in [6.45, 7) is 4.25. The molecule has 9 nitrogen and oxygen atoms in total. The molecule has 2 amide bonds. The summed E-state index contributed by atoms with van der Waals surface area (Å²) in [6.07, 6.45) is 6.17. The number of nitrogens with two attached hydrogens (primary N) is 1. The third-order valence-corrected chi connectivity index (χ3v) is 5.46. The molecule has 4 heterocycles. The number of ether oxygens (including phenoxy) is 1. The molecule has 0 atom stereocenters. The van der Waals surface area contributed by atoms with Crippen LogP contribution in [0, 0.1) is 12.8 Å². The predicted molar refractivity (Wildman–Crippen MR) is 108 cm³/mol. The van der Waals surface area contributed by atoms with Gasteiger partial charge in [0.15, 0.2) is 11.6 Å². The molecule has 29 heavy (non-hydrogen) atoms. The number of nitrogens with zero attached hydrogens (tertiary/aromatic N) is 4. The summed E-state index contributed by atoms with van der Waals surface area (Å²) in [5.74, 6) is 1.09. The Labute approximate surface area is 168 Å². The molecule has 2 aromatic heterocycles. The molecule has 2 aliphatic rings. The van der Waals surface area contributed by atoms with Crippen LogP contribution in [-0.2, 0) is 9.53 Å². The molecule has 4 rings (SSSR count). The first kappa shape index (κ1) is 19.3. The number of anilines is 2. The topological polar surface area (TPSA) is 123 Å². The van der Waals surface area contributed by atoms with Gasteiger partial charge in [-0.1, -0.05) is 0 Å². The van der Waals surface area contributed by atoms with E-state index < -0.39 is 5.91 Å². The van der Waals surface area contributed by atoms with Gasteiger partial charge < -0.3 is 15.8 Å². The number of carbonyl (C=O) groups excluding carboxylic acids is 2. The van der Waals surface area contributed by atoms with Crippen LogP contribution in [0.4, 0.5) is 11.6 Å². The lowest BCUT2D eigenvalue weighted by atomic mass is 9.96. The number of carbonyl (C=O) groups is 2. The lowest BCUT2D eigenvalue weighted by molar-refractivity contribution is -0.117. The zero-order valence-electron chi connectivity index (χ0n) is 16.4. The van der Waals surface area contributed by atoms with Crippen molar-refractivity contribution in [1.82, 2.24) is 15.0 Å². The maximum atomic E-state index is 12.6. The number of aryl methyl sites for hydroxylation is 1. The summed E-state index contributed by atoms with van der Waals surface area (Å²) >= 11 is 0. The molecule has 0 saturated carbocycles. The highest BCUT2D eigenvalue weighted by Gasteiger charge is 2.28. The van der Waals surface area contributed by atoms with Gasteiger partial charge in [-0.15, -0.1) is 0 Å². The first-order chi connectivity index (χ1) is 14.0. The number of amides is 2. The smallest absolute Gasteiger partial charge is 0.267 e. The Bertz CT molecular complexity index is 942. The molecule has 0 spiro atoms. The van der Waals surface area contributed by atoms with E-state index in [1.807, 2.05) is 6.92 Å². The van der Waals surface area contributed by atoms with Gasteiger partial charge in [0, 0.05) is 31.5 Å². The number of fused-ring (bicyclic) bond motifs is 1. The van der Waals surface area contributed by atoms with Gasteiger partial charge in [0.05, 0.1) is 18.4 Å². The minimum Gasteiger partial charge on any atom is -0.381 e. The third-order valence-electron chi connectivity index (χ3n) is 5.46. The molecule has 0 aromatic carbocycles. The maximum absolute atomic E-state index is 12.6. The summed E-state index contributed by atoms with van der Waals surface area (Å²) < 4.78 is 5.42. The number of aromatic nitrogens is 3. The van der Waals surface area contributed by atoms with E-state index in [2.05, 4.69) is 15.3 Å². The number of pyridine rings is 1.